The van der Waals surface area contributed by atoms with Crippen LogP contribution in [0.2, 0.25) is 0 Å². The highest BCUT2D eigenvalue weighted by atomic mass is 19.4. The van der Waals surface area contributed by atoms with E-state index < -0.39 is 17.6 Å². The second-order valence-corrected chi connectivity index (χ2v) is 6.39. The molecule has 0 aliphatic rings. The van der Waals surface area contributed by atoms with Crippen LogP contribution in [0.5, 0.6) is 0 Å². The summed E-state index contributed by atoms with van der Waals surface area (Å²) in [7, 11) is 0. The van der Waals surface area contributed by atoms with Gasteiger partial charge in [-0.3, -0.25) is 9.59 Å². The van der Waals surface area contributed by atoms with Gasteiger partial charge in [0.15, 0.2) is 0 Å². The number of hydrogen-bond donors (Lipinski definition) is 1. The van der Waals surface area contributed by atoms with Crippen molar-refractivity contribution in [1.82, 2.24) is 0 Å². The van der Waals surface area contributed by atoms with Gasteiger partial charge in [0.25, 0.3) is 0 Å². The quantitative estimate of drug-likeness (QED) is 0.820. The molecule has 2 rings (SSSR count). The number of benzene rings is 2. The van der Waals surface area contributed by atoms with Crippen LogP contribution in [0.1, 0.15) is 30.0 Å². The Labute approximate surface area is 156 Å². The number of anilines is 2. The van der Waals surface area contributed by atoms with Gasteiger partial charge in [-0.25, -0.2) is 0 Å². The number of alkyl halides is 3. The fourth-order valence-corrected chi connectivity index (χ4v) is 2.78. The summed E-state index contributed by atoms with van der Waals surface area (Å²) in [6, 6.07) is 10.1. The van der Waals surface area contributed by atoms with Crippen molar-refractivity contribution >= 4 is 23.2 Å². The molecule has 0 heterocycles. The van der Waals surface area contributed by atoms with Crippen LogP contribution in [-0.4, -0.2) is 18.4 Å². The lowest BCUT2D eigenvalue weighted by molar-refractivity contribution is -0.137. The van der Waals surface area contributed by atoms with Gasteiger partial charge in [0.2, 0.25) is 11.8 Å². The van der Waals surface area contributed by atoms with Gasteiger partial charge in [0.1, 0.15) is 0 Å². The first-order valence-electron chi connectivity index (χ1n) is 8.40. The SMILES string of the molecule is CC(=O)N(CCC(=O)Nc1cccc(C(F)(F)F)c1)c1cc(C)cc(C)c1. The molecule has 2 aromatic carbocycles. The standard InChI is InChI=1S/C20H21F3N2O2/c1-13-9-14(2)11-18(10-13)25(15(3)26)8-7-19(27)24-17-6-4-5-16(12-17)20(21,22)23/h4-6,9-12H,7-8H2,1-3H3,(H,24,27). The Morgan fingerprint density at radius 2 is 1.67 bits per heavy atom. The first kappa shape index (κ1) is 20.5. The first-order chi connectivity index (χ1) is 12.6. The minimum Gasteiger partial charge on any atom is -0.326 e. The van der Waals surface area contributed by atoms with Crippen molar-refractivity contribution < 1.29 is 22.8 Å². The summed E-state index contributed by atoms with van der Waals surface area (Å²) in [5.74, 6) is -0.684. The molecule has 1 N–H and O–H groups in total. The van der Waals surface area contributed by atoms with E-state index in [4.69, 9.17) is 0 Å². The smallest absolute Gasteiger partial charge is 0.326 e. The molecule has 2 amide bonds. The molecule has 4 nitrogen and oxygen atoms in total. The van der Waals surface area contributed by atoms with Crippen LogP contribution in [0.3, 0.4) is 0 Å². The summed E-state index contributed by atoms with van der Waals surface area (Å²) in [5, 5.41) is 2.45. The second kappa shape index (κ2) is 8.24. The molecule has 0 aromatic heterocycles. The number of halogens is 3. The van der Waals surface area contributed by atoms with Crippen molar-refractivity contribution in [3.63, 3.8) is 0 Å². The van der Waals surface area contributed by atoms with Gasteiger partial charge in [-0.1, -0.05) is 12.1 Å². The molecule has 7 heteroatoms. The summed E-state index contributed by atoms with van der Waals surface area (Å²) in [6.07, 6.45) is -4.52. The highest BCUT2D eigenvalue weighted by molar-refractivity contribution is 5.95. The Bertz CT molecular complexity index is 827. The van der Waals surface area contributed by atoms with Crippen molar-refractivity contribution in [3.8, 4) is 0 Å². The van der Waals surface area contributed by atoms with Crippen LogP contribution < -0.4 is 10.2 Å². The number of aryl methyl sites for hydroxylation is 2. The Hall–Kier alpha value is -2.83. The minimum absolute atomic E-state index is 0.0389. The van der Waals surface area contributed by atoms with E-state index in [-0.39, 0.29) is 24.6 Å². The largest absolute Gasteiger partial charge is 0.416 e. The van der Waals surface area contributed by atoms with Gasteiger partial charge in [-0.05, 0) is 55.3 Å². The predicted molar refractivity (Wildman–Crippen MR) is 98.6 cm³/mol. The maximum absolute atomic E-state index is 12.7. The first-order valence-corrected chi connectivity index (χ1v) is 8.40. The number of carbonyl (C=O) groups is 2. The highest BCUT2D eigenvalue weighted by Gasteiger charge is 2.30. The summed E-state index contributed by atoms with van der Waals surface area (Å²) in [5.41, 5.74) is 1.90. The number of amides is 2. The van der Waals surface area contributed by atoms with E-state index in [2.05, 4.69) is 5.32 Å². The molecule has 2 aromatic rings. The minimum atomic E-state index is -4.48. The molecule has 27 heavy (non-hydrogen) atoms. The maximum atomic E-state index is 12.7. The number of hydrogen-bond acceptors (Lipinski definition) is 2. The molecule has 0 aliphatic carbocycles. The summed E-state index contributed by atoms with van der Waals surface area (Å²) >= 11 is 0. The third kappa shape index (κ3) is 5.84. The third-order valence-corrected chi connectivity index (χ3v) is 3.93. The van der Waals surface area contributed by atoms with Crippen LogP contribution in [0.4, 0.5) is 24.5 Å². The number of carbonyl (C=O) groups excluding carboxylic acids is 2. The van der Waals surface area contributed by atoms with E-state index in [9.17, 15) is 22.8 Å². The molecule has 0 radical (unpaired) electrons. The molecule has 0 unspecified atom stereocenters. The Morgan fingerprint density at radius 3 is 2.22 bits per heavy atom. The molecular weight excluding hydrogens is 357 g/mol. The molecule has 0 fully saturated rings. The summed E-state index contributed by atoms with van der Waals surface area (Å²) in [6.45, 7) is 5.36. The Morgan fingerprint density at radius 1 is 1.04 bits per heavy atom. The maximum Gasteiger partial charge on any atom is 0.416 e. The molecule has 144 valence electrons. The normalized spacial score (nSPS) is 11.2. The van der Waals surface area contributed by atoms with Gasteiger partial charge in [0, 0.05) is 31.3 Å². The van der Waals surface area contributed by atoms with Crippen molar-refractivity contribution in [2.24, 2.45) is 0 Å². The zero-order valence-electron chi connectivity index (χ0n) is 15.4. The lowest BCUT2D eigenvalue weighted by Gasteiger charge is -2.22. The molecule has 0 atom stereocenters. The number of rotatable bonds is 5. The molecule has 0 aliphatic heterocycles. The topological polar surface area (TPSA) is 49.4 Å². The van der Waals surface area contributed by atoms with Crippen molar-refractivity contribution in [2.45, 2.75) is 33.4 Å². The predicted octanol–water partition coefficient (Wildman–Crippen LogP) is 4.70. The number of nitrogens with zero attached hydrogens (tertiary/aromatic N) is 1. The lowest BCUT2D eigenvalue weighted by atomic mass is 10.1. The van der Waals surface area contributed by atoms with Gasteiger partial charge in [-0.15, -0.1) is 0 Å². The van der Waals surface area contributed by atoms with Crippen LogP contribution >= 0.6 is 0 Å². The summed E-state index contributed by atoms with van der Waals surface area (Å²) < 4.78 is 38.2. The van der Waals surface area contributed by atoms with Gasteiger partial charge >= 0.3 is 6.18 Å². The van der Waals surface area contributed by atoms with Crippen LogP contribution in [0, 0.1) is 13.8 Å². The van der Waals surface area contributed by atoms with Crippen LogP contribution in [0.25, 0.3) is 0 Å². The average Bonchev–Trinajstić information content (AvgIpc) is 2.53. The van der Waals surface area contributed by atoms with Crippen LogP contribution in [-0.2, 0) is 15.8 Å². The van der Waals surface area contributed by atoms with Crippen molar-refractivity contribution in [2.75, 3.05) is 16.8 Å². The van der Waals surface area contributed by atoms with E-state index in [0.29, 0.717) is 5.69 Å². The van der Waals surface area contributed by atoms with E-state index in [1.807, 2.05) is 32.0 Å². The monoisotopic (exact) mass is 378 g/mol. The zero-order chi connectivity index (χ0) is 20.2. The highest BCUT2D eigenvalue weighted by Crippen LogP contribution is 2.30. The van der Waals surface area contributed by atoms with Gasteiger partial charge < -0.3 is 10.2 Å². The second-order valence-electron chi connectivity index (χ2n) is 6.39. The van der Waals surface area contributed by atoms with E-state index in [0.717, 1.165) is 23.3 Å². The van der Waals surface area contributed by atoms with E-state index in [1.165, 1.54) is 24.0 Å². The molecule has 0 bridgehead atoms. The number of nitrogens with one attached hydrogen (secondary N) is 1. The molecule has 0 saturated heterocycles. The van der Waals surface area contributed by atoms with Gasteiger partial charge in [-0.2, -0.15) is 13.2 Å². The van der Waals surface area contributed by atoms with E-state index >= 15 is 0 Å². The zero-order valence-corrected chi connectivity index (χ0v) is 15.4. The Balaban J connectivity index is 2.05. The molecule has 0 saturated carbocycles. The third-order valence-electron chi connectivity index (χ3n) is 3.93. The molecule has 0 spiro atoms. The van der Waals surface area contributed by atoms with Crippen molar-refractivity contribution in [3.05, 3.63) is 59.2 Å². The fourth-order valence-electron chi connectivity index (χ4n) is 2.78. The van der Waals surface area contributed by atoms with Crippen molar-refractivity contribution in [1.29, 1.82) is 0 Å². The summed E-state index contributed by atoms with van der Waals surface area (Å²) in [4.78, 5) is 25.6. The lowest BCUT2D eigenvalue weighted by Crippen LogP contribution is -2.32. The van der Waals surface area contributed by atoms with Gasteiger partial charge in [0.05, 0.1) is 5.56 Å². The fraction of sp³-hybridized carbons (Fsp3) is 0.300. The van der Waals surface area contributed by atoms with E-state index in [1.54, 1.807) is 0 Å². The molecular formula is C20H21F3N2O2. The Kier molecular flexibility index (Phi) is 6.25. The van der Waals surface area contributed by atoms with Crippen LogP contribution in [0.15, 0.2) is 42.5 Å². The average molecular weight is 378 g/mol.